The molecular weight excluding hydrogens is 329 g/mol. The fourth-order valence-corrected chi connectivity index (χ4v) is 5.10. The number of thiophene rings is 1. The van der Waals surface area contributed by atoms with Gasteiger partial charge in [0.05, 0.1) is 10.8 Å². The zero-order valence-corrected chi connectivity index (χ0v) is 14.2. The molecule has 2 aliphatic rings. The maximum atomic E-state index is 13.4. The first kappa shape index (κ1) is 15.6. The van der Waals surface area contributed by atoms with Crippen molar-refractivity contribution in [3.8, 4) is 0 Å². The number of carboxylic acids is 1. The molecular formula is C18H18FNO3S. The number of hydrogen-bond donors (Lipinski definition) is 1. The second kappa shape index (κ2) is 5.28. The van der Waals surface area contributed by atoms with E-state index >= 15 is 0 Å². The number of fused-ring (bicyclic) bond motifs is 1. The highest BCUT2D eigenvalue weighted by Crippen LogP contribution is 2.59. The number of amides is 1. The van der Waals surface area contributed by atoms with Crippen molar-refractivity contribution in [2.45, 2.75) is 26.2 Å². The van der Waals surface area contributed by atoms with Crippen LogP contribution in [0.25, 0.3) is 10.1 Å². The number of carboxylic acid groups (broad SMARTS) is 1. The molecule has 126 valence electrons. The Kier molecular flexibility index (Phi) is 3.42. The SMILES string of the molecule is Cc1c(C(=O)N2CCC3(CC2)CC3C(=O)O)sc2ccc(F)cc12. The number of rotatable bonds is 2. The summed E-state index contributed by atoms with van der Waals surface area (Å²) in [5.41, 5.74) is 0.746. The number of likely N-dealkylation sites (tertiary alicyclic amines) is 1. The van der Waals surface area contributed by atoms with E-state index in [0.717, 1.165) is 34.9 Å². The molecule has 1 saturated heterocycles. The first-order chi connectivity index (χ1) is 11.4. The Morgan fingerprint density at radius 3 is 2.67 bits per heavy atom. The number of aliphatic carboxylic acids is 1. The van der Waals surface area contributed by atoms with Crippen molar-refractivity contribution in [2.75, 3.05) is 13.1 Å². The van der Waals surface area contributed by atoms with Crippen molar-refractivity contribution in [1.82, 2.24) is 4.90 Å². The molecule has 4 nitrogen and oxygen atoms in total. The second-order valence-electron chi connectivity index (χ2n) is 6.95. The Hall–Kier alpha value is -1.95. The van der Waals surface area contributed by atoms with Gasteiger partial charge in [-0.05, 0) is 60.7 Å². The van der Waals surface area contributed by atoms with Crippen LogP contribution in [0.15, 0.2) is 18.2 Å². The summed E-state index contributed by atoms with van der Waals surface area (Å²) in [7, 11) is 0. The van der Waals surface area contributed by atoms with Crippen LogP contribution >= 0.6 is 11.3 Å². The van der Waals surface area contributed by atoms with E-state index in [-0.39, 0.29) is 23.1 Å². The van der Waals surface area contributed by atoms with Gasteiger partial charge >= 0.3 is 5.97 Å². The summed E-state index contributed by atoms with van der Waals surface area (Å²) in [5.74, 6) is -1.26. The van der Waals surface area contributed by atoms with E-state index in [4.69, 9.17) is 5.11 Å². The number of nitrogens with zero attached hydrogens (tertiary/aromatic N) is 1. The van der Waals surface area contributed by atoms with Crippen molar-refractivity contribution >= 4 is 33.3 Å². The van der Waals surface area contributed by atoms with Gasteiger partial charge in [0.1, 0.15) is 5.82 Å². The predicted octanol–water partition coefficient (Wildman–Crippen LogP) is 3.68. The quantitative estimate of drug-likeness (QED) is 0.902. The van der Waals surface area contributed by atoms with Gasteiger partial charge in [0, 0.05) is 17.8 Å². The van der Waals surface area contributed by atoms with Gasteiger partial charge in [-0.1, -0.05) is 0 Å². The Morgan fingerprint density at radius 2 is 2.04 bits per heavy atom. The van der Waals surface area contributed by atoms with E-state index in [1.807, 2.05) is 11.8 Å². The Labute approximate surface area is 142 Å². The molecule has 1 amide bonds. The molecule has 0 bridgehead atoms. The number of hydrogen-bond acceptors (Lipinski definition) is 3. The van der Waals surface area contributed by atoms with E-state index in [2.05, 4.69) is 0 Å². The topological polar surface area (TPSA) is 57.6 Å². The van der Waals surface area contributed by atoms with Crippen molar-refractivity contribution in [3.05, 3.63) is 34.5 Å². The Bertz CT molecular complexity index is 851. The summed E-state index contributed by atoms with van der Waals surface area (Å²) in [6.45, 7) is 3.06. The van der Waals surface area contributed by atoms with E-state index in [1.165, 1.54) is 23.5 Å². The van der Waals surface area contributed by atoms with Gasteiger partial charge in [-0.15, -0.1) is 11.3 Å². The molecule has 1 atom stereocenters. The minimum Gasteiger partial charge on any atom is -0.481 e. The molecule has 1 aliphatic carbocycles. The third-order valence-corrected chi connectivity index (χ3v) is 6.89. The van der Waals surface area contributed by atoms with E-state index in [9.17, 15) is 14.0 Å². The molecule has 1 unspecified atom stereocenters. The average molecular weight is 347 g/mol. The van der Waals surface area contributed by atoms with Crippen molar-refractivity contribution < 1.29 is 19.1 Å². The van der Waals surface area contributed by atoms with Crippen LogP contribution in [0.1, 0.15) is 34.5 Å². The monoisotopic (exact) mass is 347 g/mol. The highest BCUT2D eigenvalue weighted by molar-refractivity contribution is 7.21. The van der Waals surface area contributed by atoms with E-state index in [1.54, 1.807) is 6.07 Å². The normalized spacial score (nSPS) is 22.1. The molecule has 1 saturated carbocycles. The number of aryl methyl sites for hydroxylation is 1. The van der Waals surface area contributed by atoms with Crippen LogP contribution in [0.2, 0.25) is 0 Å². The summed E-state index contributed by atoms with van der Waals surface area (Å²) in [6.07, 6.45) is 2.26. The minimum atomic E-state index is -0.711. The average Bonchev–Trinajstić information content (AvgIpc) is 3.17. The van der Waals surface area contributed by atoms with Gasteiger partial charge in [-0.2, -0.15) is 0 Å². The number of halogens is 1. The number of piperidine rings is 1. The first-order valence-electron chi connectivity index (χ1n) is 8.12. The number of benzene rings is 1. The van der Waals surface area contributed by atoms with Gasteiger partial charge in [0.2, 0.25) is 0 Å². The molecule has 1 spiro atoms. The van der Waals surface area contributed by atoms with Crippen molar-refractivity contribution in [2.24, 2.45) is 11.3 Å². The van der Waals surface area contributed by atoms with Gasteiger partial charge in [-0.25, -0.2) is 4.39 Å². The molecule has 2 aromatic rings. The van der Waals surface area contributed by atoms with Gasteiger partial charge in [0.15, 0.2) is 0 Å². The van der Waals surface area contributed by atoms with Crippen LogP contribution in [-0.2, 0) is 4.79 Å². The molecule has 2 heterocycles. The van der Waals surface area contributed by atoms with Crippen LogP contribution in [0.4, 0.5) is 4.39 Å². The number of carbonyl (C=O) groups excluding carboxylic acids is 1. The molecule has 1 aromatic heterocycles. The lowest BCUT2D eigenvalue weighted by Crippen LogP contribution is -2.39. The molecule has 2 fully saturated rings. The van der Waals surface area contributed by atoms with Crippen LogP contribution in [0.3, 0.4) is 0 Å². The number of carbonyl (C=O) groups is 2. The zero-order chi connectivity index (χ0) is 17.1. The fraction of sp³-hybridized carbons (Fsp3) is 0.444. The summed E-state index contributed by atoms with van der Waals surface area (Å²) in [6, 6.07) is 4.60. The zero-order valence-electron chi connectivity index (χ0n) is 13.3. The van der Waals surface area contributed by atoms with Gasteiger partial charge < -0.3 is 10.0 Å². The lowest BCUT2D eigenvalue weighted by molar-refractivity contribution is -0.139. The second-order valence-corrected chi connectivity index (χ2v) is 8.00. The molecule has 4 rings (SSSR count). The van der Waals surface area contributed by atoms with Crippen LogP contribution < -0.4 is 0 Å². The van der Waals surface area contributed by atoms with Crippen molar-refractivity contribution in [1.29, 1.82) is 0 Å². The molecule has 1 N–H and O–H groups in total. The third kappa shape index (κ3) is 2.32. The summed E-state index contributed by atoms with van der Waals surface area (Å²) < 4.78 is 14.4. The standard InChI is InChI=1S/C18H18FNO3S/c1-10-12-8-11(19)2-3-14(12)24-15(10)16(21)20-6-4-18(5-7-20)9-13(18)17(22)23/h2-3,8,13H,4-7,9H2,1H3,(H,22,23). The van der Waals surface area contributed by atoms with E-state index < -0.39 is 5.97 Å². The lowest BCUT2D eigenvalue weighted by Gasteiger charge is -2.32. The fourth-order valence-electron chi connectivity index (χ4n) is 3.95. The molecule has 0 radical (unpaired) electrons. The van der Waals surface area contributed by atoms with Crippen LogP contribution in [-0.4, -0.2) is 35.0 Å². The van der Waals surface area contributed by atoms with Crippen LogP contribution in [0, 0.1) is 24.1 Å². The highest BCUT2D eigenvalue weighted by atomic mass is 32.1. The maximum Gasteiger partial charge on any atom is 0.307 e. The maximum absolute atomic E-state index is 13.4. The van der Waals surface area contributed by atoms with Crippen LogP contribution in [0.5, 0.6) is 0 Å². The molecule has 6 heteroatoms. The van der Waals surface area contributed by atoms with Gasteiger partial charge in [0.25, 0.3) is 5.91 Å². The first-order valence-corrected chi connectivity index (χ1v) is 8.94. The summed E-state index contributed by atoms with van der Waals surface area (Å²) in [4.78, 5) is 26.5. The third-order valence-electron chi connectivity index (χ3n) is 5.63. The lowest BCUT2D eigenvalue weighted by atomic mass is 9.90. The van der Waals surface area contributed by atoms with E-state index in [0.29, 0.717) is 18.0 Å². The molecule has 1 aromatic carbocycles. The Morgan fingerprint density at radius 1 is 1.33 bits per heavy atom. The molecule has 24 heavy (non-hydrogen) atoms. The highest BCUT2D eigenvalue weighted by Gasteiger charge is 2.59. The molecule has 1 aliphatic heterocycles. The summed E-state index contributed by atoms with van der Waals surface area (Å²) >= 11 is 1.40. The summed E-state index contributed by atoms with van der Waals surface area (Å²) in [5, 5.41) is 9.95. The predicted molar refractivity (Wildman–Crippen MR) is 89.8 cm³/mol. The largest absolute Gasteiger partial charge is 0.481 e. The minimum absolute atomic E-state index is 0.0171. The van der Waals surface area contributed by atoms with Gasteiger partial charge in [-0.3, -0.25) is 9.59 Å². The Balaban J connectivity index is 1.53. The van der Waals surface area contributed by atoms with Crippen molar-refractivity contribution in [3.63, 3.8) is 0 Å². The smallest absolute Gasteiger partial charge is 0.307 e.